The highest BCUT2D eigenvalue weighted by Gasteiger charge is 2.47. The summed E-state index contributed by atoms with van der Waals surface area (Å²) >= 11 is 0. The Bertz CT molecular complexity index is 579. The molecule has 3 rings (SSSR count). The predicted molar refractivity (Wildman–Crippen MR) is 78.3 cm³/mol. The average molecular weight is 258 g/mol. The Balaban J connectivity index is 2.17. The van der Waals surface area contributed by atoms with E-state index in [1.54, 1.807) is 0 Å². The lowest BCUT2D eigenvalue weighted by Crippen LogP contribution is -2.54. The summed E-state index contributed by atoms with van der Waals surface area (Å²) in [6.07, 6.45) is 3.37. The molecule has 0 saturated carbocycles. The van der Waals surface area contributed by atoms with Gasteiger partial charge >= 0.3 is 0 Å². The molecule has 0 amide bonds. The summed E-state index contributed by atoms with van der Waals surface area (Å²) in [5.74, 6) is 0.493. The van der Waals surface area contributed by atoms with Gasteiger partial charge in [-0.25, -0.2) is 0 Å². The molecule has 1 aliphatic rings. The van der Waals surface area contributed by atoms with Crippen molar-refractivity contribution in [3.8, 4) is 0 Å². The summed E-state index contributed by atoms with van der Waals surface area (Å²) < 4.78 is 7.79. The van der Waals surface area contributed by atoms with E-state index >= 15 is 0 Å². The Hall–Kier alpha value is -1.32. The molecule has 1 aromatic carbocycles. The van der Waals surface area contributed by atoms with Crippen LogP contribution in [0.15, 0.2) is 30.5 Å². The lowest BCUT2D eigenvalue weighted by atomic mass is 9.67. The quantitative estimate of drug-likeness (QED) is 0.915. The topological polar surface area (TPSA) is 40.2 Å². The van der Waals surface area contributed by atoms with Crippen LogP contribution in [0, 0.1) is 5.92 Å². The van der Waals surface area contributed by atoms with Crippen LogP contribution in [0.4, 0.5) is 0 Å². The van der Waals surface area contributed by atoms with Crippen LogP contribution in [-0.2, 0) is 17.2 Å². The summed E-state index contributed by atoms with van der Waals surface area (Å²) in [5.41, 5.74) is 8.82. The molecule has 2 N–H and O–H groups in total. The lowest BCUT2D eigenvalue weighted by Gasteiger charge is -2.47. The van der Waals surface area contributed by atoms with E-state index in [-0.39, 0.29) is 5.41 Å². The first-order valence-corrected chi connectivity index (χ1v) is 7.05. The van der Waals surface area contributed by atoms with Crippen molar-refractivity contribution >= 4 is 10.9 Å². The van der Waals surface area contributed by atoms with Crippen molar-refractivity contribution in [3.05, 3.63) is 36.0 Å². The molecule has 3 heteroatoms. The van der Waals surface area contributed by atoms with Crippen LogP contribution in [0.1, 0.15) is 18.9 Å². The zero-order valence-electron chi connectivity index (χ0n) is 11.7. The molecule has 0 bridgehead atoms. The van der Waals surface area contributed by atoms with Crippen LogP contribution in [0.3, 0.4) is 0 Å². The number of aromatic nitrogens is 1. The zero-order valence-corrected chi connectivity index (χ0v) is 11.7. The number of para-hydroxylation sites is 1. The molecule has 0 radical (unpaired) electrons. The lowest BCUT2D eigenvalue weighted by molar-refractivity contribution is -0.0890. The van der Waals surface area contributed by atoms with Gasteiger partial charge in [0.1, 0.15) is 0 Å². The Morgan fingerprint density at radius 2 is 2.11 bits per heavy atom. The number of fused-ring (bicyclic) bond motifs is 1. The SMILES string of the molecule is CCC(CN)C1(c2cn(C)c3ccccc23)COC1. The van der Waals surface area contributed by atoms with Gasteiger partial charge < -0.3 is 15.0 Å². The van der Waals surface area contributed by atoms with E-state index in [0.717, 1.165) is 26.2 Å². The van der Waals surface area contributed by atoms with Crippen molar-refractivity contribution < 1.29 is 4.74 Å². The normalized spacial score (nSPS) is 19.3. The summed E-state index contributed by atoms with van der Waals surface area (Å²) in [7, 11) is 2.11. The Labute approximate surface area is 114 Å². The van der Waals surface area contributed by atoms with E-state index in [2.05, 4.69) is 49.0 Å². The van der Waals surface area contributed by atoms with Crippen molar-refractivity contribution in [2.75, 3.05) is 19.8 Å². The van der Waals surface area contributed by atoms with Crippen molar-refractivity contribution in [2.45, 2.75) is 18.8 Å². The number of aryl methyl sites for hydroxylation is 1. The van der Waals surface area contributed by atoms with Gasteiger partial charge in [-0.15, -0.1) is 0 Å². The van der Waals surface area contributed by atoms with Crippen LogP contribution in [0.2, 0.25) is 0 Å². The summed E-state index contributed by atoms with van der Waals surface area (Å²) in [6.45, 7) is 4.55. The fraction of sp³-hybridized carbons (Fsp3) is 0.500. The molecule has 1 aromatic heterocycles. The molecule has 1 aliphatic heterocycles. The van der Waals surface area contributed by atoms with Gasteiger partial charge in [-0.1, -0.05) is 31.5 Å². The van der Waals surface area contributed by atoms with Crippen molar-refractivity contribution in [1.29, 1.82) is 0 Å². The average Bonchev–Trinajstić information content (AvgIpc) is 2.72. The molecule has 1 atom stereocenters. The number of ether oxygens (including phenoxy) is 1. The monoisotopic (exact) mass is 258 g/mol. The Kier molecular flexibility index (Phi) is 3.11. The molecule has 1 unspecified atom stereocenters. The molecule has 102 valence electrons. The van der Waals surface area contributed by atoms with Gasteiger partial charge in [-0.3, -0.25) is 0 Å². The van der Waals surface area contributed by atoms with E-state index < -0.39 is 0 Å². The van der Waals surface area contributed by atoms with Gasteiger partial charge in [-0.2, -0.15) is 0 Å². The number of hydrogen-bond acceptors (Lipinski definition) is 2. The van der Waals surface area contributed by atoms with Crippen molar-refractivity contribution in [3.63, 3.8) is 0 Å². The van der Waals surface area contributed by atoms with Gasteiger partial charge in [0, 0.05) is 29.6 Å². The third kappa shape index (κ3) is 1.72. The van der Waals surface area contributed by atoms with E-state index in [1.807, 2.05) is 0 Å². The van der Waals surface area contributed by atoms with Gasteiger partial charge in [0.25, 0.3) is 0 Å². The second kappa shape index (κ2) is 4.66. The number of nitrogens with zero attached hydrogens (tertiary/aromatic N) is 1. The van der Waals surface area contributed by atoms with Crippen molar-refractivity contribution in [1.82, 2.24) is 4.57 Å². The minimum absolute atomic E-state index is 0.115. The minimum Gasteiger partial charge on any atom is -0.379 e. The molecule has 2 heterocycles. The summed E-state index contributed by atoms with van der Waals surface area (Å²) in [5, 5.41) is 1.35. The van der Waals surface area contributed by atoms with E-state index in [9.17, 15) is 0 Å². The van der Waals surface area contributed by atoms with Gasteiger partial charge in [0.15, 0.2) is 0 Å². The summed E-state index contributed by atoms with van der Waals surface area (Å²) in [6, 6.07) is 8.60. The maximum atomic E-state index is 6.00. The van der Waals surface area contributed by atoms with Gasteiger partial charge in [-0.05, 0) is 24.1 Å². The second-order valence-electron chi connectivity index (χ2n) is 5.66. The Morgan fingerprint density at radius 1 is 1.37 bits per heavy atom. The smallest absolute Gasteiger partial charge is 0.0589 e. The molecule has 0 spiro atoms. The zero-order chi connectivity index (χ0) is 13.5. The van der Waals surface area contributed by atoms with E-state index in [1.165, 1.54) is 16.5 Å². The standard InChI is InChI=1S/C16H22N2O/c1-3-12(8-17)16(10-19-11-16)14-9-18(2)15-7-5-4-6-13(14)15/h4-7,9,12H,3,8,10-11,17H2,1-2H3. The molecular formula is C16H22N2O. The maximum Gasteiger partial charge on any atom is 0.0589 e. The van der Waals surface area contributed by atoms with Crippen LogP contribution in [0.5, 0.6) is 0 Å². The second-order valence-corrected chi connectivity index (χ2v) is 5.66. The van der Waals surface area contributed by atoms with Crippen LogP contribution >= 0.6 is 0 Å². The molecule has 0 aliphatic carbocycles. The van der Waals surface area contributed by atoms with Gasteiger partial charge in [0.2, 0.25) is 0 Å². The third-order valence-electron chi connectivity index (χ3n) is 4.71. The first kappa shape index (κ1) is 12.7. The van der Waals surface area contributed by atoms with Crippen LogP contribution in [0.25, 0.3) is 10.9 Å². The predicted octanol–water partition coefficient (Wildman–Crippen LogP) is 2.43. The van der Waals surface area contributed by atoms with E-state index in [4.69, 9.17) is 10.5 Å². The third-order valence-corrected chi connectivity index (χ3v) is 4.71. The maximum absolute atomic E-state index is 6.00. The molecule has 19 heavy (non-hydrogen) atoms. The van der Waals surface area contributed by atoms with Gasteiger partial charge in [0.05, 0.1) is 13.2 Å². The number of hydrogen-bond donors (Lipinski definition) is 1. The summed E-state index contributed by atoms with van der Waals surface area (Å²) in [4.78, 5) is 0. The first-order chi connectivity index (χ1) is 9.23. The molecule has 1 saturated heterocycles. The minimum atomic E-state index is 0.115. The number of benzene rings is 1. The number of rotatable bonds is 4. The Morgan fingerprint density at radius 3 is 2.68 bits per heavy atom. The highest BCUT2D eigenvalue weighted by Crippen LogP contribution is 2.44. The molecule has 1 fully saturated rings. The molecule has 3 nitrogen and oxygen atoms in total. The highest BCUT2D eigenvalue weighted by atomic mass is 16.5. The molecular weight excluding hydrogens is 236 g/mol. The fourth-order valence-electron chi connectivity index (χ4n) is 3.45. The van der Waals surface area contributed by atoms with Crippen LogP contribution < -0.4 is 5.73 Å². The van der Waals surface area contributed by atoms with E-state index in [0.29, 0.717) is 5.92 Å². The number of nitrogens with two attached hydrogens (primary N) is 1. The highest BCUT2D eigenvalue weighted by molar-refractivity contribution is 5.85. The largest absolute Gasteiger partial charge is 0.379 e. The first-order valence-electron chi connectivity index (χ1n) is 7.05. The van der Waals surface area contributed by atoms with Crippen LogP contribution in [-0.4, -0.2) is 24.3 Å². The fourth-order valence-corrected chi connectivity index (χ4v) is 3.45. The molecule has 2 aromatic rings. The van der Waals surface area contributed by atoms with Crippen molar-refractivity contribution in [2.24, 2.45) is 18.7 Å².